The summed E-state index contributed by atoms with van der Waals surface area (Å²) in [6.07, 6.45) is 15.4. The lowest BCUT2D eigenvalue weighted by atomic mass is 9.85. The normalized spacial score (nSPS) is 15.8. The third-order valence-corrected chi connectivity index (χ3v) is 6.58. The minimum absolute atomic E-state index is 0.0469. The first-order valence-electron chi connectivity index (χ1n) is 12.2. The third kappa shape index (κ3) is 7.15. The second-order valence-corrected chi connectivity index (χ2v) is 9.16. The van der Waals surface area contributed by atoms with Crippen molar-refractivity contribution in [2.75, 3.05) is 0 Å². The highest BCUT2D eigenvalue weighted by Gasteiger charge is 2.13. The highest BCUT2D eigenvalue weighted by molar-refractivity contribution is 5.64. The summed E-state index contributed by atoms with van der Waals surface area (Å²) in [5.41, 5.74) is 3.37. The molecule has 1 fully saturated rings. The van der Waals surface area contributed by atoms with E-state index in [9.17, 15) is 4.39 Å². The van der Waals surface area contributed by atoms with Crippen LogP contribution in [0.1, 0.15) is 90.0 Å². The van der Waals surface area contributed by atoms with Crippen LogP contribution in [0, 0.1) is 11.7 Å². The Kier molecular flexibility index (Phi) is 9.24. The second kappa shape index (κ2) is 12.1. The van der Waals surface area contributed by atoms with E-state index in [0.29, 0.717) is 5.75 Å². The van der Waals surface area contributed by atoms with Crippen LogP contribution in [-0.2, 0) is 6.42 Å². The van der Waals surface area contributed by atoms with E-state index in [2.05, 4.69) is 31.2 Å². The van der Waals surface area contributed by atoms with Gasteiger partial charge >= 0.3 is 0 Å². The van der Waals surface area contributed by atoms with E-state index in [-0.39, 0.29) is 11.9 Å². The van der Waals surface area contributed by atoms with Crippen LogP contribution in [0.5, 0.6) is 5.75 Å². The van der Waals surface area contributed by atoms with Crippen molar-refractivity contribution in [3.8, 4) is 16.9 Å². The Morgan fingerprint density at radius 1 is 0.933 bits per heavy atom. The molecular formula is C28H39FO. The topological polar surface area (TPSA) is 9.23 Å². The van der Waals surface area contributed by atoms with Gasteiger partial charge in [-0.3, -0.25) is 0 Å². The van der Waals surface area contributed by atoms with E-state index < -0.39 is 0 Å². The molecule has 0 spiro atoms. The van der Waals surface area contributed by atoms with Crippen molar-refractivity contribution in [3.63, 3.8) is 0 Å². The Morgan fingerprint density at radius 2 is 1.67 bits per heavy atom. The van der Waals surface area contributed by atoms with Crippen molar-refractivity contribution in [2.45, 2.75) is 97.0 Å². The van der Waals surface area contributed by atoms with Gasteiger partial charge in [0.2, 0.25) is 0 Å². The number of aryl methyl sites for hydroxylation is 1. The van der Waals surface area contributed by atoms with Crippen LogP contribution >= 0.6 is 0 Å². The molecular weight excluding hydrogens is 371 g/mol. The summed E-state index contributed by atoms with van der Waals surface area (Å²) in [7, 11) is 0. The molecule has 0 amide bonds. The zero-order valence-electron chi connectivity index (χ0n) is 19.0. The number of benzene rings is 2. The average molecular weight is 411 g/mol. The summed E-state index contributed by atoms with van der Waals surface area (Å²) < 4.78 is 20.5. The fourth-order valence-corrected chi connectivity index (χ4v) is 4.62. The van der Waals surface area contributed by atoms with Crippen LogP contribution in [0.2, 0.25) is 0 Å². The van der Waals surface area contributed by atoms with E-state index in [4.69, 9.17) is 4.74 Å². The Balaban J connectivity index is 1.52. The molecule has 3 rings (SSSR count). The van der Waals surface area contributed by atoms with Crippen LogP contribution in [-0.4, -0.2) is 6.10 Å². The molecule has 1 unspecified atom stereocenters. The van der Waals surface area contributed by atoms with Crippen molar-refractivity contribution in [2.24, 2.45) is 5.92 Å². The molecule has 0 aromatic heterocycles. The zero-order valence-corrected chi connectivity index (χ0v) is 19.0. The molecule has 2 aromatic carbocycles. The maximum atomic E-state index is 14.6. The lowest BCUT2D eigenvalue weighted by Gasteiger charge is -2.21. The Morgan fingerprint density at radius 3 is 2.37 bits per heavy atom. The van der Waals surface area contributed by atoms with E-state index in [1.165, 1.54) is 63.4 Å². The van der Waals surface area contributed by atoms with Crippen LogP contribution in [0.25, 0.3) is 11.1 Å². The van der Waals surface area contributed by atoms with Crippen molar-refractivity contribution < 1.29 is 9.13 Å². The highest BCUT2D eigenvalue weighted by atomic mass is 19.1. The molecule has 0 heterocycles. The highest BCUT2D eigenvalue weighted by Crippen LogP contribution is 2.29. The number of ether oxygens (including phenoxy) is 1. The summed E-state index contributed by atoms with van der Waals surface area (Å²) in [6, 6.07) is 14.0. The Hall–Kier alpha value is -1.83. The minimum atomic E-state index is -0.269. The van der Waals surface area contributed by atoms with Crippen molar-refractivity contribution in [3.05, 3.63) is 53.8 Å². The molecule has 0 N–H and O–H groups in total. The van der Waals surface area contributed by atoms with Crippen LogP contribution in [0.3, 0.4) is 0 Å². The molecule has 1 nitrogen and oxygen atoms in total. The predicted octanol–water partition coefficient (Wildman–Crippen LogP) is 8.74. The molecule has 2 aromatic rings. The van der Waals surface area contributed by atoms with E-state index in [1.54, 1.807) is 12.1 Å². The monoisotopic (exact) mass is 410 g/mol. The van der Waals surface area contributed by atoms with Crippen molar-refractivity contribution >= 4 is 0 Å². The Labute approximate surface area is 183 Å². The van der Waals surface area contributed by atoms with E-state index in [1.807, 2.05) is 13.0 Å². The minimum Gasteiger partial charge on any atom is -0.488 e. The van der Waals surface area contributed by atoms with Gasteiger partial charge in [0.1, 0.15) is 0 Å². The number of unbranched alkanes of at least 4 members (excludes halogenated alkanes) is 3. The lowest BCUT2D eigenvalue weighted by Crippen LogP contribution is -2.12. The second-order valence-electron chi connectivity index (χ2n) is 9.16. The van der Waals surface area contributed by atoms with Gasteiger partial charge in [0, 0.05) is 0 Å². The molecule has 1 saturated carbocycles. The van der Waals surface area contributed by atoms with Gasteiger partial charge in [-0.25, -0.2) is 4.39 Å². The molecule has 1 aliphatic rings. The lowest BCUT2D eigenvalue weighted by molar-refractivity contribution is 0.197. The van der Waals surface area contributed by atoms with Crippen molar-refractivity contribution in [1.82, 2.24) is 0 Å². The van der Waals surface area contributed by atoms with Gasteiger partial charge < -0.3 is 4.74 Å². The first kappa shape index (κ1) is 22.8. The molecule has 164 valence electrons. The molecule has 0 aliphatic heterocycles. The van der Waals surface area contributed by atoms with Crippen LogP contribution < -0.4 is 4.74 Å². The number of hydrogen-bond donors (Lipinski definition) is 0. The van der Waals surface area contributed by atoms with Gasteiger partial charge in [-0.1, -0.05) is 88.6 Å². The first-order chi connectivity index (χ1) is 14.7. The predicted molar refractivity (Wildman–Crippen MR) is 126 cm³/mol. The maximum Gasteiger partial charge on any atom is 0.165 e. The number of halogens is 1. The van der Waals surface area contributed by atoms with Gasteiger partial charge in [0.25, 0.3) is 0 Å². The Bertz CT molecular complexity index is 746. The van der Waals surface area contributed by atoms with Gasteiger partial charge in [-0.2, -0.15) is 0 Å². The van der Waals surface area contributed by atoms with Crippen LogP contribution in [0.4, 0.5) is 4.39 Å². The summed E-state index contributed by atoms with van der Waals surface area (Å²) in [5.74, 6) is 1.01. The smallest absolute Gasteiger partial charge is 0.165 e. The molecule has 0 saturated heterocycles. The molecule has 0 radical (unpaired) electrons. The molecule has 30 heavy (non-hydrogen) atoms. The standard InChI is InChI=1S/C28H39FO/c1-3-4-5-7-10-22(2)30-28-20-19-26(21-27(28)29)25-17-15-24(16-18-25)14-13-23-11-8-6-9-12-23/h15-23H,3-14H2,1-2H3. The van der Waals surface area contributed by atoms with Gasteiger partial charge in [-0.05, 0) is 67.3 Å². The number of hydrogen-bond acceptors (Lipinski definition) is 1. The molecule has 2 heteroatoms. The SMILES string of the molecule is CCCCCCC(C)Oc1ccc(-c2ccc(CCC3CCCCC3)cc2)cc1F. The van der Waals surface area contributed by atoms with Crippen LogP contribution in [0.15, 0.2) is 42.5 Å². The van der Waals surface area contributed by atoms with E-state index in [0.717, 1.165) is 36.3 Å². The largest absolute Gasteiger partial charge is 0.488 e. The van der Waals surface area contributed by atoms with Gasteiger partial charge in [-0.15, -0.1) is 0 Å². The molecule has 1 atom stereocenters. The first-order valence-corrected chi connectivity index (χ1v) is 12.2. The molecule has 1 aliphatic carbocycles. The molecule has 0 bridgehead atoms. The fraction of sp³-hybridized carbons (Fsp3) is 0.571. The van der Waals surface area contributed by atoms with Gasteiger partial charge in [0.05, 0.1) is 6.10 Å². The fourth-order valence-electron chi connectivity index (χ4n) is 4.62. The van der Waals surface area contributed by atoms with E-state index >= 15 is 0 Å². The number of rotatable bonds is 11. The van der Waals surface area contributed by atoms with Gasteiger partial charge in [0.15, 0.2) is 11.6 Å². The summed E-state index contributed by atoms with van der Waals surface area (Å²) in [4.78, 5) is 0. The summed E-state index contributed by atoms with van der Waals surface area (Å²) in [6.45, 7) is 4.24. The third-order valence-electron chi connectivity index (χ3n) is 6.58. The zero-order chi connectivity index (χ0) is 21.2. The maximum absolute atomic E-state index is 14.6. The summed E-state index contributed by atoms with van der Waals surface area (Å²) >= 11 is 0. The quantitative estimate of drug-likeness (QED) is 0.336. The average Bonchev–Trinajstić information content (AvgIpc) is 2.78. The summed E-state index contributed by atoms with van der Waals surface area (Å²) in [5, 5.41) is 0. The van der Waals surface area contributed by atoms with Crippen molar-refractivity contribution in [1.29, 1.82) is 0 Å².